The van der Waals surface area contributed by atoms with Crippen LogP contribution in [-0.2, 0) is 4.74 Å². The van der Waals surface area contributed by atoms with E-state index in [0.717, 1.165) is 12.8 Å². The number of H-pyrrole nitrogens is 1. The molecule has 3 unspecified atom stereocenters. The zero-order valence-corrected chi connectivity index (χ0v) is 19.1. The SMILES string of the molecule is OCC1CCC(Nc2ncnc3[nH]cc(C(O)c4ccc(Oc5ccccc5)cc4Cl)c23)CO1. The molecule has 3 heterocycles. The fourth-order valence-corrected chi connectivity index (χ4v) is 4.43. The lowest BCUT2D eigenvalue weighted by Crippen LogP contribution is -2.36. The van der Waals surface area contributed by atoms with E-state index in [2.05, 4.69) is 20.3 Å². The highest BCUT2D eigenvalue weighted by Crippen LogP contribution is 2.37. The van der Waals surface area contributed by atoms with Crippen LogP contribution in [0.1, 0.15) is 30.1 Å². The summed E-state index contributed by atoms with van der Waals surface area (Å²) in [5.74, 6) is 1.89. The Morgan fingerprint density at radius 1 is 1.12 bits per heavy atom. The van der Waals surface area contributed by atoms with Gasteiger partial charge >= 0.3 is 0 Å². The number of aliphatic hydroxyl groups is 2. The predicted molar refractivity (Wildman–Crippen MR) is 129 cm³/mol. The molecule has 9 heteroatoms. The Morgan fingerprint density at radius 3 is 2.71 bits per heavy atom. The largest absolute Gasteiger partial charge is 0.457 e. The summed E-state index contributed by atoms with van der Waals surface area (Å²) in [6.45, 7) is 0.488. The van der Waals surface area contributed by atoms with Gasteiger partial charge in [0.2, 0.25) is 0 Å². The smallest absolute Gasteiger partial charge is 0.143 e. The van der Waals surface area contributed by atoms with Crippen LogP contribution in [0.2, 0.25) is 5.02 Å². The molecule has 1 fully saturated rings. The number of benzene rings is 2. The van der Waals surface area contributed by atoms with Crippen molar-refractivity contribution < 1.29 is 19.7 Å². The molecule has 4 N–H and O–H groups in total. The Kier molecular flexibility index (Phi) is 6.64. The van der Waals surface area contributed by atoms with Crippen LogP contribution in [0.15, 0.2) is 61.1 Å². The van der Waals surface area contributed by atoms with E-state index in [1.165, 1.54) is 6.33 Å². The average Bonchev–Trinajstić information content (AvgIpc) is 3.30. The second-order valence-corrected chi connectivity index (χ2v) is 8.65. The Balaban J connectivity index is 1.39. The number of rotatable bonds is 7. The lowest BCUT2D eigenvalue weighted by molar-refractivity contribution is -0.0224. The van der Waals surface area contributed by atoms with E-state index < -0.39 is 6.10 Å². The molecule has 0 aliphatic carbocycles. The van der Waals surface area contributed by atoms with Crippen LogP contribution < -0.4 is 10.1 Å². The molecule has 0 amide bonds. The number of hydrogen-bond donors (Lipinski definition) is 4. The monoisotopic (exact) mass is 480 g/mol. The second kappa shape index (κ2) is 9.99. The van der Waals surface area contributed by atoms with Crippen LogP contribution in [0.5, 0.6) is 11.5 Å². The number of aromatic nitrogens is 3. The number of nitrogens with one attached hydrogen (secondary N) is 2. The van der Waals surface area contributed by atoms with Crippen LogP contribution >= 0.6 is 11.6 Å². The number of nitrogens with zero attached hydrogens (tertiary/aromatic N) is 2. The molecule has 0 bridgehead atoms. The van der Waals surface area contributed by atoms with E-state index in [9.17, 15) is 10.2 Å². The van der Waals surface area contributed by atoms with Gasteiger partial charge in [-0.15, -0.1) is 0 Å². The summed E-state index contributed by atoms with van der Waals surface area (Å²) in [5, 5.41) is 25.0. The molecular formula is C25H25ClN4O4. The van der Waals surface area contributed by atoms with Crippen LogP contribution in [0.25, 0.3) is 11.0 Å². The molecule has 34 heavy (non-hydrogen) atoms. The number of fused-ring (bicyclic) bond motifs is 1. The summed E-state index contributed by atoms with van der Waals surface area (Å²) < 4.78 is 11.5. The third-order valence-corrected chi connectivity index (χ3v) is 6.28. The zero-order chi connectivity index (χ0) is 23.5. The highest BCUT2D eigenvalue weighted by Gasteiger charge is 2.25. The number of ether oxygens (including phenoxy) is 2. The Morgan fingerprint density at radius 2 is 1.97 bits per heavy atom. The van der Waals surface area contributed by atoms with Gasteiger partial charge in [0.1, 0.15) is 35.4 Å². The van der Waals surface area contributed by atoms with Crippen LogP contribution in [0.4, 0.5) is 5.82 Å². The van der Waals surface area contributed by atoms with Gasteiger partial charge in [0.15, 0.2) is 0 Å². The van der Waals surface area contributed by atoms with Gasteiger partial charge in [-0.3, -0.25) is 0 Å². The molecule has 4 aromatic rings. The van der Waals surface area contributed by atoms with Crippen molar-refractivity contribution in [1.82, 2.24) is 15.0 Å². The molecule has 0 saturated carbocycles. The van der Waals surface area contributed by atoms with Crippen molar-refractivity contribution in [3.05, 3.63) is 77.2 Å². The Hall–Kier alpha value is -3.17. The predicted octanol–water partition coefficient (Wildman–Crippen LogP) is 4.44. The lowest BCUT2D eigenvalue weighted by Gasteiger charge is -2.29. The molecule has 176 valence electrons. The lowest BCUT2D eigenvalue weighted by atomic mass is 10.0. The summed E-state index contributed by atoms with van der Waals surface area (Å²) in [6, 6.07) is 14.7. The highest BCUT2D eigenvalue weighted by molar-refractivity contribution is 6.31. The van der Waals surface area contributed by atoms with E-state index >= 15 is 0 Å². The van der Waals surface area contributed by atoms with Crippen LogP contribution in [0, 0.1) is 0 Å². The van der Waals surface area contributed by atoms with E-state index in [1.807, 2.05) is 30.3 Å². The molecule has 8 nitrogen and oxygen atoms in total. The van der Waals surface area contributed by atoms with Gasteiger partial charge in [0.25, 0.3) is 0 Å². The third kappa shape index (κ3) is 4.71. The van der Waals surface area contributed by atoms with Crippen molar-refractivity contribution in [1.29, 1.82) is 0 Å². The number of hydrogen-bond acceptors (Lipinski definition) is 7. The second-order valence-electron chi connectivity index (χ2n) is 8.25. The first-order valence-corrected chi connectivity index (χ1v) is 11.5. The minimum absolute atomic E-state index is 0.0224. The molecule has 5 rings (SSSR count). The van der Waals surface area contributed by atoms with Gasteiger partial charge in [-0.25, -0.2) is 9.97 Å². The standard InChI is InChI=1S/C25H25ClN4O4/c26-21-10-17(34-16-4-2-1-3-5-16)8-9-19(21)23(32)20-11-27-24-22(20)25(29-14-28-24)30-15-6-7-18(12-31)33-13-15/h1-5,8-11,14-15,18,23,31-32H,6-7,12-13H2,(H2,27,28,29,30). The van der Waals surface area contributed by atoms with Crippen molar-refractivity contribution in [2.75, 3.05) is 18.5 Å². The summed E-state index contributed by atoms with van der Waals surface area (Å²) in [7, 11) is 0. The Bertz CT molecular complexity index is 1260. The van der Waals surface area contributed by atoms with Gasteiger partial charge in [-0.05, 0) is 37.1 Å². The molecule has 1 aliphatic heterocycles. The molecule has 0 spiro atoms. The van der Waals surface area contributed by atoms with Gasteiger partial charge < -0.3 is 30.0 Å². The van der Waals surface area contributed by atoms with E-state index in [1.54, 1.807) is 24.4 Å². The third-order valence-electron chi connectivity index (χ3n) is 5.96. The van der Waals surface area contributed by atoms with Crippen molar-refractivity contribution >= 4 is 28.5 Å². The molecule has 2 aromatic carbocycles. The van der Waals surface area contributed by atoms with Crippen LogP contribution in [0.3, 0.4) is 0 Å². The molecule has 3 atom stereocenters. The van der Waals surface area contributed by atoms with Gasteiger partial charge in [-0.1, -0.05) is 35.9 Å². The van der Waals surface area contributed by atoms with Gasteiger partial charge in [0, 0.05) is 17.3 Å². The zero-order valence-electron chi connectivity index (χ0n) is 18.3. The minimum Gasteiger partial charge on any atom is -0.457 e. The molecule has 1 saturated heterocycles. The van der Waals surface area contributed by atoms with Gasteiger partial charge in [-0.2, -0.15) is 0 Å². The van der Waals surface area contributed by atoms with Crippen molar-refractivity contribution in [3.8, 4) is 11.5 Å². The maximum atomic E-state index is 11.3. The minimum atomic E-state index is -1.00. The maximum Gasteiger partial charge on any atom is 0.143 e. The maximum absolute atomic E-state index is 11.3. The quantitative estimate of drug-likeness (QED) is 0.309. The average molecular weight is 481 g/mol. The van der Waals surface area contributed by atoms with Crippen molar-refractivity contribution in [2.24, 2.45) is 0 Å². The number of anilines is 1. The first kappa shape index (κ1) is 22.6. The van der Waals surface area contributed by atoms with E-state index in [-0.39, 0.29) is 18.8 Å². The van der Waals surface area contributed by atoms with Crippen molar-refractivity contribution in [3.63, 3.8) is 0 Å². The Labute approximate surface area is 201 Å². The molecule has 0 radical (unpaired) electrons. The first-order chi connectivity index (χ1) is 16.6. The van der Waals surface area contributed by atoms with E-state index in [4.69, 9.17) is 21.1 Å². The number of aromatic amines is 1. The fourth-order valence-electron chi connectivity index (χ4n) is 4.15. The molecular weight excluding hydrogens is 456 g/mol. The summed E-state index contributed by atoms with van der Waals surface area (Å²) in [5.41, 5.74) is 1.77. The van der Waals surface area contributed by atoms with E-state index in [0.29, 0.717) is 51.1 Å². The first-order valence-electron chi connectivity index (χ1n) is 11.1. The summed E-state index contributed by atoms with van der Waals surface area (Å²) in [4.78, 5) is 11.8. The summed E-state index contributed by atoms with van der Waals surface area (Å²) >= 11 is 6.55. The number of aliphatic hydroxyl groups excluding tert-OH is 2. The molecule has 1 aliphatic rings. The normalized spacial score (nSPS) is 19.1. The van der Waals surface area contributed by atoms with Crippen molar-refractivity contribution in [2.45, 2.75) is 31.1 Å². The summed E-state index contributed by atoms with van der Waals surface area (Å²) in [6.07, 6.45) is 3.68. The number of halogens is 1. The van der Waals surface area contributed by atoms with Gasteiger partial charge in [0.05, 0.1) is 35.8 Å². The number of para-hydroxylation sites is 1. The fraction of sp³-hybridized carbons (Fsp3) is 0.280. The topological polar surface area (TPSA) is 113 Å². The molecule has 2 aromatic heterocycles. The van der Waals surface area contributed by atoms with Crippen LogP contribution in [-0.4, -0.2) is 50.5 Å². The highest BCUT2D eigenvalue weighted by atomic mass is 35.5.